The molecule has 1 heterocycles. The summed E-state index contributed by atoms with van der Waals surface area (Å²) >= 11 is 0. The van der Waals surface area contributed by atoms with Crippen LogP contribution >= 0.6 is 0 Å². The highest BCUT2D eigenvalue weighted by molar-refractivity contribution is 5.93. The Hall–Kier alpha value is -1.62. The molecule has 0 saturated heterocycles. The monoisotopic (exact) mass is 209 g/mol. The average Bonchev–Trinajstić information content (AvgIpc) is 2.18. The molecule has 1 aromatic heterocycles. The first kappa shape index (κ1) is 11.5. The molecule has 15 heavy (non-hydrogen) atoms. The Morgan fingerprint density at radius 2 is 2.20 bits per heavy atom. The molecule has 0 aliphatic rings. The lowest BCUT2D eigenvalue weighted by atomic mass is 10.3. The first-order valence-electron chi connectivity index (χ1n) is 4.71. The van der Waals surface area contributed by atoms with E-state index in [0.717, 1.165) is 6.54 Å². The smallest absolute Gasteiger partial charge is 0.252 e. The summed E-state index contributed by atoms with van der Waals surface area (Å²) in [6.45, 7) is 1.38. The number of pyridine rings is 1. The quantitative estimate of drug-likeness (QED) is 0.713. The predicted molar refractivity (Wildman–Crippen MR) is 57.9 cm³/mol. The van der Waals surface area contributed by atoms with E-state index in [4.69, 9.17) is 0 Å². The summed E-state index contributed by atoms with van der Waals surface area (Å²) in [5.74, 6) is -0.173. The van der Waals surface area contributed by atoms with Crippen LogP contribution in [-0.4, -0.2) is 43.0 Å². The van der Waals surface area contributed by atoms with Crippen LogP contribution in [0, 0.1) is 0 Å². The van der Waals surface area contributed by atoms with E-state index in [0.29, 0.717) is 12.1 Å². The second kappa shape index (κ2) is 5.31. The maximum atomic E-state index is 11.5. The fourth-order valence-corrected chi connectivity index (χ4v) is 1.05. The highest BCUT2D eigenvalue weighted by Crippen LogP contribution is 1.91. The van der Waals surface area contributed by atoms with Crippen LogP contribution in [0.2, 0.25) is 0 Å². The maximum absolute atomic E-state index is 11.5. The summed E-state index contributed by atoms with van der Waals surface area (Å²) in [5, 5.41) is 2.75. The number of aromatic amines is 1. The molecule has 2 N–H and O–H groups in total. The Bertz CT molecular complexity index is 364. The number of aromatic nitrogens is 1. The minimum absolute atomic E-state index is 0.173. The van der Waals surface area contributed by atoms with Crippen LogP contribution < -0.4 is 10.9 Å². The average molecular weight is 209 g/mol. The third-order valence-electron chi connectivity index (χ3n) is 1.89. The summed E-state index contributed by atoms with van der Waals surface area (Å²) in [6, 6.07) is 2.84. The number of nitrogens with zero attached hydrogens (tertiary/aromatic N) is 1. The summed E-state index contributed by atoms with van der Waals surface area (Å²) in [4.78, 5) is 26.7. The van der Waals surface area contributed by atoms with Crippen molar-refractivity contribution < 1.29 is 4.79 Å². The molecular weight excluding hydrogens is 194 g/mol. The normalized spacial score (nSPS) is 10.3. The lowest BCUT2D eigenvalue weighted by Gasteiger charge is -2.10. The number of rotatable bonds is 4. The second-order valence-electron chi connectivity index (χ2n) is 3.50. The van der Waals surface area contributed by atoms with E-state index < -0.39 is 0 Å². The number of hydrogen-bond donors (Lipinski definition) is 2. The molecule has 1 amide bonds. The lowest BCUT2D eigenvalue weighted by molar-refractivity contribution is 0.0950. The summed E-state index contributed by atoms with van der Waals surface area (Å²) in [5.41, 5.74) is 0.258. The van der Waals surface area contributed by atoms with Crippen molar-refractivity contribution in [3.63, 3.8) is 0 Å². The maximum Gasteiger partial charge on any atom is 0.252 e. The zero-order valence-corrected chi connectivity index (χ0v) is 8.91. The molecule has 0 spiro atoms. The topological polar surface area (TPSA) is 65.2 Å². The predicted octanol–water partition coefficient (Wildman–Crippen LogP) is -0.334. The first-order valence-corrected chi connectivity index (χ1v) is 4.71. The number of hydrogen-bond acceptors (Lipinski definition) is 3. The van der Waals surface area contributed by atoms with Crippen LogP contribution in [-0.2, 0) is 0 Å². The van der Waals surface area contributed by atoms with Crippen molar-refractivity contribution >= 4 is 5.91 Å². The highest BCUT2D eigenvalue weighted by atomic mass is 16.1. The van der Waals surface area contributed by atoms with Gasteiger partial charge in [0, 0.05) is 25.4 Å². The fraction of sp³-hybridized carbons (Fsp3) is 0.400. The van der Waals surface area contributed by atoms with E-state index in [1.165, 1.54) is 18.3 Å². The third-order valence-corrected chi connectivity index (χ3v) is 1.89. The number of carbonyl (C=O) groups excluding carboxylic acids is 1. The Kier molecular flexibility index (Phi) is 4.05. The first-order chi connectivity index (χ1) is 7.09. The van der Waals surface area contributed by atoms with Gasteiger partial charge in [-0.2, -0.15) is 0 Å². The van der Waals surface area contributed by atoms with Crippen LogP contribution in [0.5, 0.6) is 0 Å². The van der Waals surface area contributed by atoms with Crippen molar-refractivity contribution in [1.29, 1.82) is 0 Å². The molecule has 5 nitrogen and oxygen atoms in total. The van der Waals surface area contributed by atoms with Crippen molar-refractivity contribution in [2.75, 3.05) is 27.2 Å². The molecule has 1 rings (SSSR count). The molecule has 5 heteroatoms. The Morgan fingerprint density at radius 3 is 2.73 bits per heavy atom. The minimum Gasteiger partial charge on any atom is -0.351 e. The van der Waals surface area contributed by atoms with Crippen molar-refractivity contribution in [2.45, 2.75) is 0 Å². The molecule has 0 aliphatic heterocycles. The molecule has 1 aromatic rings. The van der Waals surface area contributed by atoms with Gasteiger partial charge in [-0.3, -0.25) is 9.59 Å². The van der Waals surface area contributed by atoms with Gasteiger partial charge in [-0.05, 0) is 20.2 Å². The van der Waals surface area contributed by atoms with Crippen LogP contribution in [0.1, 0.15) is 10.4 Å². The van der Waals surface area contributed by atoms with E-state index in [-0.39, 0.29) is 11.5 Å². The molecule has 82 valence electrons. The van der Waals surface area contributed by atoms with Gasteiger partial charge in [-0.1, -0.05) is 0 Å². The van der Waals surface area contributed by atoms with Crippen molar-refractivity contribution in [1.82, 2.24) is 15.2 Å². The van der Waals surface area contributed by atoms with E-state index >= 15 is 0 Å². The highest BCUT2D eigenvalue weighted by Gasteiger charge is 2.03. The number of nitrogens with one attached hydrogen (secondary N) is 2. The summed E-state index contributed by atoms with van der Waals surface area (Å²) in [7, 11) is 3.87. The number of likely N-dealkylation sites (N-methyl/N-ethyl adjacent to an activating group) is 1. The number of amides is 1. The Labute approximate surface area is 88.1 Å². The second-order valence-corrected chi connectivity index (χ2v) is 3.50. The fourth-order valence-electron chi connectivity index (χ4n) is 1.05. The van der Waals surface area contributed by atoms with Crippen molar-refractivity contribution in [2.24, 2.45) is 0 Å². The molecule has 0 saturated carbocycles. The van der Waals surface area contributed by atoms with E-state index in [1.807, 2.05) is 19.0 Å². The molecular formula is C10H15N3O2. The Morgan fingerprint density at radius 1 is 1.47 bits per heavy atom. The van der Waals surface area contributed by atoms with Gasteiger partial charge in [-0.15, -0.1) is 0 Å². The van der Waals surface area contributed by atoms with Gasteiger partial charge in [0.1, 0.15) is 0 Å². The van der Waals surface area contributed by atoms with Gasteiger partial charge in [-0.25, -0.2) is 0 Å². The van der Waals surface area contributed by atoms with E-state index in [1.54, 1.807) is 0 Å². The molecule has 0 bridgehead atoms. The third kappa shape index (κ3) is 3.95. The van der Waals surface area contributed by atoms with E-state index in [2.05, 4.69) is 10.3 Å². The van der Waals surface area contributed by atoms with Crippen LogP contribution in [0.4, 0.5) is 0 Å². The SMILES string of the molecule is CN(C)CCNC(=O)c1ccc(=O)[nH]c1. The Balaban J connectivity index is 2.47. The zero-order chi connectivity index (χ0) is 11.3. The van der Waals surface area contributed by atoms with Gasteiger partial charge in [0.05, 0.1) is 5.56 Å². The zero-order valence-electron chi connectivity index (χ0n) is 8.91. The van der Waals surface area contributed by atoms with Gasteiger partial charge in [0.2, 0.25) is 5.56 Å². The van der Waals surface area contributed by atoms with Crippen molar-refractivity contribution in [3.05, 3.63) is 34.2 Å². The van der Waals surface area contributed by atoms with Gasteiger partial charge >= 0.3 is 0 Å². The lowest BCUT2D eigenvalue weighted by Crippen LogP contribution is -2.31. The van der Waals surface area contributed by atoms with Crippen LogP contribution in [0.3, 0.4) is 0 Å². The molecule has 0 atom stereocenters. The standard InChI is InChI=1S/C10H15N3O2/c1-13(2)6-5-11-10(15)8-3-4-9(14)12-7-8/h3-4,7H,5-6H2,1-2H3,(H,11,15)(H,12,14). The molecule has 0 unspecified atom stereocenters. The van der Waals surface area contributed by atoms with Crippen LogP contribution in [0.15, 0.2) is 23.1 Å². The molecule has 0 aromatic carbocycles. The van der Waals surface area contributed by atoms with E-state index in [9.17, 15) is 9.59 Å². The molecule has 0 aliphatic carbocycles. The van der Waals surface area contributed by atoms with Gasteiger partial charge < -0.3 is 15.2 Å². The summed E-state index contributed by atoms with van der Waals surface area (Å²) < 4.78 is 0. The van der Waals surface area contributed by atoms with Gasteiger partial charge in [0.25, 0.3) is 5.91 Å². The van der Waals surface area contributed by atoms with Crippen LogP contribution in [0.25, 0.3) is 0 Å². The largest absolute Gasteiger partial charge is 0.351 e. The summed E-state index contributed by atoms with van der Waals surface area (Å²) in [6.07, 6.45) is 1.41. The number of H-pyrrole nitrogens is 1. The van der Waals surface area contributed by atoms with Gasteiger partial charge in [0.15, 0.2) is 0 Å². The number of carbonyl (C=O) groups is 1. The van der Waals surface area contributed by atoms with Crippen molar-refractivity contribution in [3.8, 4) is 0 Å². The minimum atomic E-state index is -0.208. The molecule has 0 fully saturated rings. The molecule has 0 radical (unpaired) electrons.